The Kier molecular flexibility index (Phi) is 10.3. The fourth-order valence-electron chi connectivity index (χ4n) is 2.80. The average molecular weight is 449 g/mol. The number of nitrogens with zero attached hydrogens (tertiary/aromatic N) is 1. The molecule has 0 spiro atoms. The van der Waals surface area contributed by atoms with E-state index in [0.29, 0.717) is 19.1 Å². The van der Waals surface area contributed by atoms with Crippen molar-refractivity contribution in [2.24, 2.45) is 4.99 Å². The predicted octanol–water partition coefficient (Wildman–Crippen LogP) is 1.92. The van der Waals surface area contributed by atoms with Gasteiger partial charge in [-0.15, -0.1) is 0 Å². The van der Waals surface area contributed by atoms with Gasteiger partial charge in [-0.3, -0.25) is 0 Å². The number of ether oxygens (including phenoxy) is 2. The second kappa shape index (κ2) is 12.9. The highest BCUT2D eigenvalue weighted by Gasteiger charge is 2.13. The lowest BCUT2D eigenvalue weighted by Crippen LogP contribution is -2.38. The number of hydrogen-bond donors (Lipinski definition) is 3. The molecule has 0 aliphatic rings. The SMILES string of the molecule is CCNC(=NCc1cccc(S(=O)(=O)NCCOC)c1)NCCc1ccc(OC)cc1. The lowest BCUT2D eigenvalue weighted by Gasteiger charge is -2.12. The van der Waals surface area contributed by atoms with E-state index in [-0.39, 0.29) is 11.4 Å². The van der Waals surface area contributed by atoms with Crippen molar-refractivity contribution in [3.8, 4) is 5.75 Å². The number of hydrogen-bond acceptors (Lipinski definition) is 5. The van der Waals surface area contributed by atoms with Crippen LogP contribution in [0.5, 0.6) is 5.75 Å². The first-order valence-corrected chi connectivity index (χ1v) is 11.7. The van der Waals surface area contributed by atoms with Gasteiger partial charge in [0.15, 0.2) is 5.96 Å². The quantitative estimate of drug-likeness (QED) is 0.261. The number of sulfonamides is 1. The molecule has 0 radical (unpaired) electrons. The van der Waals surface area contributed by atoms with E-state index in [0.717, 1.165) is 30.8 Å². The maximum absolute atomic E-state index is 12.4. The lowest BCUT2D eigenvalue weighted by molar-refractivity contribution is 0.204. The Labute approximate surface area is 185 Å². The van der Waals surface area contributed by atoms with Crippen molar-refractivity contribution in [2.75, 3.05) is 40.5 Å². The van der Waals surface area contributed by atoms with Gasteiger partial charge in [0.1, 0.15) is 5.75 Å². The van der Waals surface area contributed by atoms with Gasteiger partial charge in [-0.1, -0.05) is 24.3 Å². The zero-order chi connectivity index (χ0) is 22.5. The van der Waals surface area contributed by atoms with Crippen molar-refractivity contribution in [1.29, 1.82) is 0 Å². The molecule has 2 rings (SSSR count). The number of rotatable bonds is 12. The van der Waals surface area contributed by atoms with Crippen molar-refractivity contribution in [3.63, 3.8) is 0 Å². The van der Waals surface area contributed by atoms with Crippen molar-refractivity contribution in [3.05, 3.63) is 59.7 Å². The molecule has 2 aromatic rings. The van der Waals surface area contributed by atoms with Crippen LogP contribution in [0, 0.1) is 0 Å². The number of aliphatic imine (C=N–C) groups is 1. The lowest BCUT2D eigenvalue weighted by atomic mass is 10.1. The molecule has 0 unspecified atom stereocenters. The molecule has 0 fully saturated rings. The second-order valence-electron chi connectivity index (χ2n) is 6.76. The summed E-state index contributed by atoms with van der Waals surface area (Å²) >= 11 is 0. The molecule has 0 heterocycles. The van der Waals surface area contributed by atoms with Crippen LogP contribution in [-0.2, 0) is 27.7 Å². The molecular weight excluding hydrogens is 416 g/mol. The zero-order valence-electron chi connectivity index (χ0n) is 18.3. The maximum Gasteiger partial charge on any atom is 0.240 e. The summed E-state index contributed by atoms with van der Waals surface area (Å²) in [7, 11) is -0.393. The second-order valence-corrected chi connectivity index (χ2v) is 8.52. The summed E-state index contributed by atoms with van der Waals surface area (Å²) in [6.45, 7) is 4.35. The van der Waals surface area contributed by atoms with Crippen LogP contribution in [0.3, 0.4) is 0 Å². The first kappa shape index (κ1) is 24.6. The Balaban J connectivity index is 1.96. The normalized spacial score (nSPS) is 11.9. The molecule has 0 bridgehead atoms. The van der Waals surface area contributed by atoms with Gasteiger partial charge in [-0.25, -0.2) is 18.1 Å². The minimum absolute atomic E-state index is 0.216. The van der Waals surface area contributed by atoms with E-state index in [1.807, 2.05) is 37.3 Å². The molecule has 2 aromatic carbocycles. The molecular formula is C22H32N4O4S. The Morgan fingerprint density at radius 3 is 2.45 bits per heavy atom. The highest BCUT2D eigenvalue weighted by molar-refractivity contribution is 7.89. The first-order chi connectivity index (χ1) is 15.0. The van der Waals surface area contributed by atoms with Crippen LogP contribution in [0.2, 0.25) is 0 Å². The van der Waals surface area contributed by atoms with Gasteiger partial charge in [-0.2, -0.15) is 0 Å². The summed E-state index contributed by atoms with van der Waals surface area (Å²) < 4.78 is 37.4. The molecule has 31 heavy (non-hydrogen) atoms. The highest BCUT2D eigenvalue weighted by atomic mass is 32.2. The number of methoxy groups -OCH3 is 2. The summed E-state index contributed by atoms with van der Waals surface area (Å²) in [6.07, 6.45) is 0.843. The van der Waals surface area contributed by atoms with Gasteiger partial charge in [0, 0.05) is 26.7 Å². The molecule has 8 nitrogen and oxygen atoms in total. The molecule has 0 saturated heterocycles. The summed E-state index contributed by atoms with van der Waals surface area (Å²) in [5, 5.41) is 6.52. The van der Waals surface area contributed by atoms with E-state index < -0.39 is 10.0 Å². The molecule has 0 atom stereocenters. The molecule has 0 saturated carbocycles. The summed E-state index contributed by atoms with van der Waals surface area (Å²) in [6, 6.07) is 14.8. The topological polar surface area (TPSA) is 101 Å². The average Bonchev–Trinajstić information content (AvgIpc) is 2.78. The van der Waals surface area contributed by atoms with Gasteiger partial charge >= 0.3 is 0 Å². The van der Waals surface area contributed by atoms with Crippen LogP contribution < -0.4 is 20.1 Å². The van der Waals surface area contributed by atoms with Crippen LogP contribution in [0.15, 0.2) is 58.4 Å². The number of benzene rings is 2. The van der Waals surface area contributed by atoms with Gasteiger partial charge in [0.2, 0.25) is 10.0 Å². The van der Waals surface area contributed by atoms with Crippen molar-refractivity contribution >= 4 is 16.0 Å². The van der Waals surface area contributed by atoms with Gasteiger partial charge in [0.05, 0.1) is 25.2 Å². The van der Waals surface area contributed by atoms with E-state index in [9.17, 15) is 8.42 Å². The Morgan fingerprint density at radius 1 is 1.00 bits per heavy atom. The van der Waals surface area contributed by atoms with E-state index in [1.54, 1.807) is 25.3 Å². The Bertz CT molecular complexity index is 931. The Morgan fingerprint density at radius 2 is 1.77 bits per heavy atom. The minimum Gasteiger partial charge on any atom is -0.497 e. The van der Waals surface area contributed by atoms with Crippen LogP contribution in [0.4, 0.5) is 0 Å². The fraction of sp³-hybridized carbons (Fsp3) is 0.409. The van der Waals surface area contributed by atoms with Gasteiger partial charge < -0.3 is 20.1 Å². The van der Waals surface area contributed by atoms with E-state index in [2.05, 4.69) is 20.3 Å². The Hall–Kier alpha value is -2.62. The number of guanidine groups is 1. The van der Waals surface area contributed by atoms with E-state index in [1.165, 1.54) is 12.7 Å². The predicted molar refractivity (Wildman–Crippen MR) is 123 cm³/mol. The van der Waals surface area contributed by atoms with Crippen LogP contribution in [0.25, 0.3) is 0 Å². The van der Waals surface area contributed by atoms with Crippen LogP contribution >= 0.6 is 0 Å². The molecule has 0 amide bonds. The largest absolute Gasteiger partial charge is 0.497 e. The molecule has 170 valence electrons. The smallest absolute Gasteiger partial charge is 0.240 e. The summed E-state index contributed by atoms with van der Waals surface area (Å²) in [4.78, 5) is 4.80. The molecule has 0 aromatic heterocycles. The standard InChI is InChI=1S/C22H32N4O4S/c1-4-23-22(24-13-12-18-8-10-20(30-3)11-9-18)25-17-19-6-5-7-21(16-19)31(27,28)26-14-15-29-2/h5-11,16,26H,4,12-15,17H2,1-3H3,(H2,23,24,25). The minimum atomic E-state index is -3.57. The third-order valence-corrected chi connectivity index (χ3v) is 5.89. The highest BCUT2D eigenvalue weighted by Crippen LogP contribution is 2.13. The first-order valence-electron chi connectivity index (χ1n) is 10.2. The molecule has 9 heteroatoms. The van der Waals surface area contributed by atoms with Gasteiger partial charge in [0.25, 0.3) is 0 Å². The monoisotopic (exact) mass is 448 g/mol. The molecule has 0 aliphatic carbocycles. The van der Waals surface area contributed by atoms with Crippen LogP contribution in [-0.4, -0.2) is 54.8 Å². The molecule has 3 N–H and O–H groups in total. The summed E-state index contributed by atoms with van der Waals surface area (Å²) in [5.41, 5.74) is 2.00. The van der Waals surface area contributed by atoms with Crippen LogP contribution in [0.1, 0.15) is 18.1 Å². The third-order valence-electron chi connectivity index (χ3n) is 4.44. The van der Waals surface area contributed by atoms with E-state index >= 15 is 0 Å². The third kappa shape index (κ3) is 8.56. The summed E-state index contributed by atoms with van der Waals surface area (Å²) in [5.74, 6) is 1.52. The fourth-order valence-corrected chi connectivity index (χ4v) is 3.88. The van der Waals surface area contributed by atoms with Crippen molar-refractivity contribution in [2.45, 2.75) is 24.8 Å². The zero-order valence-corrected chi connectivity index (χ0v) is 19.2. The van der Waals surface area contributed by atoms with Crippen molar-refractivity contribution < 1.29 is 17.9 Å². The molecule has 0 aliphatic heterocycles. The van der Waals surface area contributed by atoms with Gasteiger partial charge in [-0.05, 0) is 48.7 Å². The number of nitrogens with one attached hydrogen (secondary N) is 3. The maximum atomic E-state index is 12.4. The van der Waals surface area contributed by atoms with Crippen molar-refractivity contribution in [1.82, 2.24) is 15.4 Å². The van der Waals surface area contributed by atoms with E-state index in [4.69, 9.17) is 9.47 Å².